The molecule has 1 rings (SSSR count). The number of nitrogens with zero attached hydrogens (tertiary/aromatic N) is 1. The van der Waals surface area contributed by atoms with Gasteiger partial charge in [0.1, 0.15) is 0 Å². The third-order valence-corrected chi connectivity index (χ3v) is 4.85. The van der Waals surface area contributed by atoms with Gasteiger partial charge in [-0.3, -0.25) is 0 Å². The van der Waals surface area contributed by atoms with Crippen molar-refractivity contribution in [1.29, 1.82) is 0 Å². The van der Waals surface area contributed by atoms with Gasteiger partial charge in [-0.05, 0) is 25.9 Å². The second-order valence-corrected chi connectivity index (χ2v) is 6.72. The average Bonchev–Trinajstić information content (AvgIpc) is 2.57. The third kappa shape index (κ3) is 4.80. The molecule has 0 aromatic carbocycles. The molecule has 0 radical (unpaired) electrons. The maximum Gasteiger partial charge on any atom is 0.151 e. The van der Waals surface area contributed by atoms with E-state index in [0.717, 1.165) is 32.6 Å². The lowest BCUT2D eigenvalue weighted by molar-refractivity contribution is 0.284. The van der Waals surface area contributed by atoms with E-state index in [9.17, 15) is 8.42 Å². The third-order valence-electron chi connectivity index (χ3n) is 3.08. The summed E-state index contributed by atoms with van der Waals surface area (Å²) in [5, 5.41) is 3.34. The standard InChI is InChI=1S/C11H24N2O2S/c1-3-7-13(4-2)8-6-12-11-5-9-16(14,15)10-11/h11-12H,3-10H2,1-2H3. The van der Waals surface area contributed by atoms with E-state index in [2.05, 4.69) is 24.1 Å². The largest absolute Gasteiger partial charge is 0.312 e. The monoisotopic (exact) mass is 248 g/mol. The Labute approximate surface area is 99.3 Å². The van der Waals surface area contributed by atoms with Gasteiger partial charge in [-0.2, -0.15) is 0 Å². The summed E-state index contributed by atoms with van der Waals surface area (Å²) in [5.41, 5.74) is 0. The van der Waals surface area contributed by atoms with Crippen LogP contribution in [-0.2, 0) is 9.84 Å². The van der Waals surface area contributed by atoms with Gasteiger partial charge in [0.05, 0.1) is 11.5 Å². The highest BCUT2D eigenvalue weighted by atomic mass is 32.2. The zero-order chi connectivity index (χ0) is 12.0. The molecule has 1 aliphatic heterocycles. The first-order valence-corrected chi connectivity index (χ1v) is 8.05. The van der Waals surface area contributed by atoms with E-state index < -0.39 is 9.84 Å². The first kappa shape index (κ1) is 13.9. The second-order valence-electron chi connectivity index (χ2n) is 4.49. The summed E-state index contributed by atoms with van der Waals surface area (Å²) in [6, 6.07) is 0.185. The Morgan fingerprint density at radius 3 is 2.56 bits per heavy atom. The molecule has 4 nitrogen and oxygen atoms in total. The summed E-state index contributed by atoms with van der Waals surface area (Å²) in [6.45, 7) is 8.45. The molecular weight excluding hydrogens is 224 g/mol. The Kier molecular flexibility index (Phi) is 5.72. The molecule has 1 fully saturated rings. The minimum absolute atomic E-state index is 0.185. The van der Waals surface area contributed by atoms with Gasteiger partial charge in [0.25, 0.3) is 0 Å². The predicted octanol–water partition coefficient (Wildman–Crippen LogP) is 0.495. The van der Waals surface area contributed by atoms with Gasteiger partial charge in [-0.15, -0.1) is 0 Å². The minimum atomic E-state index is -2.74. The van der Waals surface area contributed by atoms with Crippen molar-refractivity contribution in [1.82, 2.24) is 10.2 Å². The molecule has 0 aromatic rings. The van der Waals surface area contributed by atoms with Crippen molar-refractivity contribution in [3.05, 3.63) is 0 Å². The summed E-state index contributed by atoms with van der Waals surface area (Å²) >= 11 is 0. The van der Waals surface area contributed by atoms with Crippen LogP contribution < -0.4 is 5.32 Å². The molecule has 1 aliphatic rings. The van der Waals surface area contributed by atoms with Crippen LogP contribution in [0.1, 0.15) is 26.7 Å². The van der Waals surface area contributed by atoms with Crippen LogP contribution in [0.25, 0.3) is 0 Å². The van der Waals surface area contributed by atoms with Crippen LogP contribution in [0.3, 0.4) is 0 Å². The molecular formula is C11H24N2O2S. The minimum Gasteiger partial charge on any atom is -0.312 e. The van der Waals surface area contributed by atoms with Crippen LogP contribution in [0.4, 0.5) is 0 Å². The van der Waals surface area contributed by atoms with Gasteiger partial charge < -0.3 is 10.2 Å². The Balaban J connectivity index is 2.16. The summed E-state index contributed by atoms with van der Waals surface area (Å²) in [5.74, 6) is 0.685. The maximum atomic E-state index is 11.2. The van der Waals surface area contributed by atoms with Crippen molar-refractivity contribution >= 4 is 9.84 Å². The molecule has 96 valence electrons. The van der Waals surface area contributed by atoms with Gasteiger partial charge >= 0.3 is 0 Å². The molecule has 1 unspecified atom stereocenters. The van der Waals surface area contributed by atoms with Gasteiger partial charge in [0, 0.05) is 19.1 Å². The Bertz CT molecular complexity index is 290. The van der Waals surface area contributed by atoms with Crippen LogP contribution in [0.5, 0.6) is 0 Å². The molecule has 0 bridgehead atoms. The zero-order valence-corrected chi connectivity index (χ0v) is 11.2. The fourth-order valence-electron chi connectivity index (χ4n) is 2.13. The molecule has 0 spiro atoms. The molecule has 5 heteroatoms. The Morgan fingerprint density at radius 1 is 1.31 bits per heavy atom. The highest BCUT2D eigenvalue weighted by Gasteiger charge is 2.27. The SMILES string of the molecule is CCCN(CC)CCNC1CCS(=O)(=O)C1. The van der Waals surface area contributed by atoms with E-state index in [-0.39, 0.29) is 6.04 Å². The average molecular weight is 248 g/mol. The number of rotatable bonds is 7. The maximum absolute atomic E-state index is 11.2. The molecule has 16 heavy (non-hydrogen) atoms. The van der Waals surface area contributed by atoms with E-state index in [0.29, 0.717) is 11.5 Å². The van der Waals surface area contributed by atoms with Crippen LogP contribution in [0.15, 0.2) is 0 Å². The quantitative estimate of drug-likeness (QED) is 0.712. The van der Waals surface area contributed by atoms with Gasteiger partial charge in [-0.25, -0.2) is 8.42 Å². The Morgan fingerprint density at radius 2 is 2.06 bits per heavy atom. The van der Waals surface area contributed by atoms with E-state index in [4.69, 9.17) is 0 Å². The van der Waals surface area contributed by atoms with Crippen molar-refractivity contribution in [2.45, 2.75) is 32.7 Å². The molecule has 0 amide bonds. The second kappa shape index (κ2) is 6.57. The first-order chi connectivity index (χ1) is 7.57. The number of hydrogen-bond acceptors (Lipinski definition) is 4. The lowest BCUT2D eigenvalue weighted by Crippen LogP contribution is -2.38. The summed E-state index contributed by atoms with van der Waals surface area (Å²) in [4.78, 5) is 2.39. The van der Waals surface area contributed by atoms with Crippen LogP contribution >= 0.6 is 0 Å². The van der Waals surface area contributed by atoms with Crippen LogP contribution in [0.2, 0.25) is 0 Å². The van der Waals surface area contributed by atoms with E-state index in [1.165, 1.54) is 6.42 Å². The van der Waals surface area contributed by atoms with Crippen LogP contribution in [-0.4, -0.2) is 57.0 Å². The normalized spacial score (nSPS) is 24.1. The molecule has 0 aliphatic carbocycles. The van der Waals surface area contributed by atoms with Crippen LogP contribution in [0, 0.1) is 0 Å². The van der Waals surface area contributed by atoms with E-state index in [1.807, 2.05) is 0 Å². The Hall–Kier alpha value is -0.130. The van der Waals surface area contributed by atoms with Gasteiger partial charge in [-0.1, -0.05) is 13.8 Å². The summed E-state index contributed by atoms with van der Waals surface area (Å²) in [7, 11) is -2.74. The lowest BCUT2D eigenvalue weighted by atomic mass is 10.2. The van der Waals surface area contributed by atoms with Crippen molar-refractivity contribution in [2.24, 2.45) is 0 Å². The van der Waals surface area contributed by atoms with Crippen molar-refractivity contribution < 1.29 is 8.42 Å². The molecule has 1 atom stereocenters. The van der Waals surface area contributed by atoms with E-state index in [1.54, 1.807) is 0 Å². The number of hydrogen-bond donors (Lipinski definition) is 1. The molecule has 1 N–H and O–H groups in total. The first-order valence-electron chi connectivity index (χ1n) is 6.23. The van der Waals surface area contributed by atoms with Crippen molar-refractivity contribution in [3.63, 3.8) is 0 Å². The van der Waals surface area contributed by atoms with Gasteiger partial charge in [0.15, 0.2) is 9.84 Å². The van der Waals surface area contributed by atoms with Gasteiger partial charge in [0.2, 0.25) is 0 Å². The number of likely N-dealkylation sites (N-methyl/N-ethyl adjacent to an activating group) is 1. The van der Waals surface area contributed by atoms with Crippen molar-refractivity contribution in [3.8, 4) is 0 Å². The number of nitrogens with one attached hydrogen (secondary N) is 1. The number of sulfone groups is 1. The van der Waals surface area contributed by atoms with E-state index >= 15 is 0 Å². The highest BCUT2D eigenvalue weighted by molar-refractivity contribution is 7.91. The molecule has 0 saturated carbocycles. The van der Waals surface area contributed by atoms with Crippen molar-refractivity contribution in [2.75, 3.05) is 37.7 Å². The smallest absolute Gasteiger partial charge is 0.151 e. The molecule has 0 aromatic heterocycles. The lowest BCUT2D eigenvalue weighted by Gasteiger charge is -2.20. The molecule has 1 heterocycles. The fraction of sp³-hybridized carbons (Fsp3) is 1.00. The molecule has 1 saturated heterocycles. The zero-order valence-electron chi connectivity index (χ0n) is 10.4. The fourth-order valence-corrected chi connectivity index (χ4v) is 3.83. The summed E-state index contributed by atoms with van der Waals surface area (Å²) < 4.78 is 22.5. The predicted molar refractivity (Wildman–Crippen MR) is 67.5 cm³/mol. The summed E-state index contributed by atoms with van der Waals surface area (Å²) in [6.07, 6.45) is 1.95. The highest BCUT2D eigenvalue weighted by Crippen LogP contribution is 2.10. The topological polar surface area (TPSA) is 49.4 Å².